The van der Waals surface area contributed by atoms with E-state index in [2.05, 4.69) is 5.32 Å². The van der Waals surface area contributed by atoms with E-state index < -0.39 is 12.1 Å². The molecule has 0 fully saturated rings. The van der Waals surface area contributed by atoms with E-state index in [1.807, 2.05) is 6.92 Å². The van der Waals surface area contributed by atoms with Crippen LogP contribution in [0.25, 0.3) is 0 Å². The smallest absolute Gasteiger partial charge is 0.344 e. The first-order chi connectivity index (χ1) is 9.84. The molecule has 1 rings (SSSR count). The van der Waals surface area contributed by atoms with Gasteiger partial charge >= 0.3 is 12.1 Å². The van der Waals surface area contributed by atoms with Gasteiger partial charge in [0.25, 0.3) is 0 Å². The van der Waals surface area contributed by atoms with Crippen molar-refractivity contribution in [1.82, 2.24) is 5.32 Å². The Kier molecular flexibility index (Phi) is 6.20. The van der Waals surface area contributed by atoms with Crippen molar-refractivity contribution in [3.05, 3.63) is 29.8 Å². The highest BCUT2D eigenvalue weighted by Crippen LogP contribution is 2.18. The maximum atomic E-state index is 12.1. The van der Waals surface area contributed by atoms with Gasteiger partial charge < -0.3 is 10.6 Å². The number of halogens is 3. The Morgan fingerprint density at radius 3 is 2.48 bits per heavy atom. The van der Waals surface area contributed by atoms with Crippen LogP contribution >= 0.6 is 0 Å². The van der Waals surface area contributed by atoms with Crippen LogP contribution < -0.4 is 10.6 Å². The molecule has 0 saturated heterocycles. The third-order valence-corrected chi connectivity index (χ3v) is 2.75. The van der Waals surface area contributed by atoms with Gasteiger partial charge in [-0.1, -0.05) is 31.5 Å². The van der Waals surface area contributed by atoms with E-state index in [4.69, 9.17) is 0 Å². The number of unbranched alkanes of at least 4 members (excludes halogenated alkanes) is 1. The van der Waals surface area contributed by atoms with Crippen LogP contribution in [0.5, 0.6) is 0 Å². The number of benzene rings is 1. The van der Waals surface area contributed by atoms with Crippen molar-refractivity contribution >= 4 is 17.5 Å². The number of alkyl halides is 3. The zero-order valence-corrected chi connectivity index (χ0v) is 11.6. The Morgan fingerprint density at radius 1 is 1.19 bits per heavy atom. The minimum Gasteiger partial charge on any atom is -0.344 e. The molecule has 1 aromatic carbocycles. The van der Waals surface area contributed by atoms with Crippen molar-refractivity contribution < 1.29 is 22.8 Å². The maximum Gasteiger partial charge on any atom is 0.471 e. The van der Waals surface area contributed by atoms with Crippen LogP contribution in [0.2, 0.25) is 0 Å². The Labute approximate surface area is 120 Å². The summed E-state index contributed by atoms with van der Waals surface area (Å²) in [5.41, 5.74) is 0.820. The molecule has 0 atom stereocenters. The number of carbonyl (C=O) groups is 2. The van der Waals surface area contributed by atoms with Crippen LogP contribution in [-0.2, 0) is 16.1 Å². The monoisotopic (exact) mass is 302 g/mol. The first kappa shape index (κ1) is 17.0. The molecule has 21 heavy (non-hydrogen) atoms. The third-order valence-electron chi connectivity index (χ3n) is 2.75. The van der Waals surface area contributed by atoms with Gasteiger partial charge in [-0.15, -0.1) is 0 Å². The number of amides is 2. The molecule has 7 heteroatoms. The quantitative estimate of drug-likeness (QED) is 0.848. The van der Waals surface area contributed by atoms with Crippen molar-refractivity contribution in [3.8, 4) is 0 Å². The minimum absolute atomic E-state index is 0.202. The summed E-state index contributed by atoms with van der Waals surface area (Å²) in [5, 5.41) is 4.42. The molecule has 116 valence electrons. The number of nitrogens with one attached hydrogen (secondary N) is 2. The Hall–Kier alpha value is -2.05. The van der Waals surface area contributed by atoms with Crippen LogP contribution in [0.3, 0.4) is 0 Å². The van der Waals surface area contributed by atoms with Crippen molar-refractivity contribution in [2.75, 3.05) is 5.32 Å². The second-order valence-corrected chi connectivity index (χ2v) is 4.49. The molecule has 2 N–H and O–H groups in total. The van der Waals surface area contributed by atoms with Gasteiger partial charge in [0.2, 0.25) is 5.91 Å². The standard InChI is InChI=1S/C14H17F3N2O2/c1-2-3-8-12(20)19-11-7-5-4-6-10(11)9-18-13(21)14(15,16)17/h4-7H,2-3,8-9H2,1H3,(H,18,21)(H,19,20). The molecular formula is C14H17F3N2O2. The summed E-state index contributed by atoms with van der Waals surface area (Å²) >= 11 is 0. The lowest BCUT2D eigenvalue weighted by Gasteiger charge is -2.12. The summed E-state index contributed by atoms with van der Waals surface area (Å²) in [4.78, 5) is 22.4. The summed E-state index contributed by atoms with van der Waals surface area (Å²) in [6.45, 7) is 1.65. The second-order valence-electron chi connectivity index (χ2n) is 4.49. The van der Waals surface area contributed by atoms with Crippen LogP contribution in [0.4, 0.5) is 18.9 Å². The summed E-state index contributed by atoms with van der Waals surface area (Å²) in [6.07, 6.45) is -2.96. The lowest BCUT2D eigenvalue weighted by atomic mass is 10.1. The third kappa shape index (κ3) is 5.85. The molecule has 2 amide bonds. The highest BCUT2D eigenvalue weighted by molar-refractivity contribution is 5.91. The second kappa shape index (κ2) is 7.66. The van der Waals surface area contributed by atoms with Crippen LogP contribution in [0.15, 0.2) is 24.3 Å². The highest BCUT2D eigenvalue weighted by atomic mass is 19.4. The lowest BCUT2D eigenvalue weighted by molar-refractivity contribution is -0.173. The van der Waals surface area contributed by atoms with E-state index in [0.717, 1.165) is 12.8 Å². The van der Waals surface area contributed by atoms with E-state index in [-0.39, 0.29) is 12.5 Å². The van der Waals surface area contributed by atoms with Crippen LogP contribution in [0, 0.1) is 0 Å². The van der Waals surface area contributed by atoms with Crippen molar-refractivity contribution in [2.45, 2.75) is 38.9 Å². The predicted molar refractivity (Wildman–Crippen MR) is 72.5 cm³/mol. The van der Waals surface area contributed by atoms with Crippen molar-refractivity contribution in [3.63, 3.8) is 0 Å². The number of hydrogen-bond donors (Lipinski definition) is 2. The van der Waals surface area contributed by atoms with E-state index >= 15 is 0 Å². The minimum atomic E-state index is -4.92. The topological polar surface area (TPSA) is 58.2 Å². The normalized spacial score (nSPS) is 11.0. The number of anilines is 1. The molecule has 0 saturated carbocycles. The summed E-state index contributed by atoms with van der Waals surface area (Å²) < 4.78 is 36.4. The first-order valence-electron chi connectivity index (χ1n) is 6.57. The average molecular weight is 302 g/mol. The molecule has 0 spiro atoms. The molecule has 4 nitrogen and oxygen atoms in total. The molecule has 0 heterocycles. The van der Waals surface area contributed by atoms with Gasteiger partial charge in [-0.3, -0.25) is 9.59 Å². The molecule has 0 aliphatic rings. The van der Waals surface area contributed by atoms with Crippen LogP contribution in [0.1, 0.15) is 31.7 Å². The molecule has 0 unspecified atom stereocenters. The van der Waals surface area contributed by atoms with Crippen molar-refractivity contribution in [1.29, 1.82) is 0 Å². The number of hydrogen-bond acceptors (Lipinski definition) is 2. The fourth-order valence-corrected chi connectivity index (χ4v) is 1.62. The molecule has 0 aromatic heterocycles. The zero-order valence-electron chi connectivity index (χ0n) is 11.6. The van der Waals surface area contributed by atoms with Gasteiger partial charge in [0, 0.05) is 18.7 Å². The number of rotatable bonds is 6. The van der Waals surface area contributed by atoms with E-state index in [1.165, 1.54) is 0 Å². The maximum absolute atomic E-state index is 12.1. The Morgan fingerprint density at radius 2 is 1.86 bits per heavy atom. The molecule has 0 aliphatic carbocycles. The molecule has 1 aromatic rings. The Balaban J connectivity index is 2.67. The van der Waals surface area contributed by atoms with Gasteiger partial charge in [0.15, 0.2) is 0 Å². The zero-order chi connectivity index (χ0) is 15.9. The van der Waals surface area contributed by atoms with Gasteiger partial charge in [-0.05, 0) is 18.1 Å². The summed E-state index contributed by atoms with van der Waals surface area (Å²) in [6, 6.07) is 6.41. The van der Waals surface area contributed by atoms with Gasteiger partial charge in [0.05, 0.1) is 0 Å². The van der Waals surface area contributed by atoms with Crippen molar-refractivity contribution in [2.24, 2.45) is 0 Å². The molecule has 0 aliphatic heterocycles. The Bertz CT molecular complexity index is 501. The highest BCUT2D eigenvalue weighted by Gasteiger charge is 2.38. The van der Waals surface area contributed by atoms with Gasteiger partial charge in [0.1, 0.15) is 0 Å². The van der Waals surface area contributed by atoms with Gasteiger partial charge in [-0.25, -0.2) is 0 Å². The molecular weight excluding hydrogens is 285 g/mol. The summed E-state index contributed by atoms with van der Waals surface area (Å²) in [7, 11) is 0. The predicted octanol–water partition coefficient (Wildman–Crippen LogP) is 2.99. The summed E-state index contributed by atoms with van der Waals surface area (Å²) in [5.74, 6) is -2.21. The lowest BCUT2D eigenvalue weighted by Crippen LogP contribution is -2.36. The molecule has 0 radical (unpaired) electrons. The fourth-order valence-electron chi connectivity index (χ4n) is 1.62. The van der Waals surface area contributed by atoms with Crippen LogP contribution in [-0.4, -0.2) is 18.0 Å². The average Bonchev–Trinajstić information content (AvgIpc) is 2.42. The first-order valence-corrected chi connectivity index (χ1v) is 6.57. The molecule has 0 bridgehead atoms. The van der Waals surface area contributed by atoms with Gasteiger partial charge in [-0.2, -0.15) is 13.2 Å². The van der Waals surface area contributed by atoms with E-state index in [0.29, 0.717) is 17.7 Å². The number of para-hydroxylation sites is 1. The van der Waals surface area contributed by atoms with E-state index in [1.54, 1.807) is 29.6 Å². The van der Waals surface area contributed by atoms with E-state index in [9.17, 15) is 22.8 Å². The largest absolute Gasteiger partial charge is 0.471 e. The SMILES string of the molecule is CCCCC(=O)Nc1ccccc1CNC(=O)C(F)(F)F. The fraction of sp³-hybridized carbons (Fsp3) is 0.429. The number of carbonyl (C=O) groups excluding carboxylic acids is 2.